The third-order valence-electron chi connectivity index (χ3n) is 0.956. The van der Waals surface area contributed by atoms with Gasteiger partial charge in [0, 0.05) is 0 Å². The Kier molecular flexibility index (Phi) is 4.16. The van der Waals surface area contributed by atoms with E-state index in [0.29, 0.717) is 0 Å². The highest BCUT2D eigenvalue weighted by Crippen LogP contribution is 1.80. The maximum Gasteiger partial charge on any atom is 0.319 e. The van der Waals surface area contributed by atoms with Crippen molar-refractivity contribution in [3.8, 4) is 0 Å². The number of esters is 1. The first-order chi connectivity index (χ1) is 5.07. The van der Waals surface area contributed by atoms with Gasteiger partial charge in [-0.25, -0.2) is 0 Å². The van der Waals surface area contributed by atoms with Crippen LogP contribution in [0.4, 0.5) is 0 Å². The summed E-state index contributed by atoms with van der Waals surface area (Å²) < 4.78 is 4.42. The molecule has 0 aromatic rings. The summed E-state index contributed by atoms with van der Waals surface area (Å²) in [6.45, 7) is -0.448. The van der Waals surface area contributed by atoms with E-state index in [0.717, 1.165) is 0 Å². The average molecular weight is 161 g/mol. The molecule has 0 aliphatic heterocycles. The van der Waals surface area contributed by atoms with Crippen molar-refractivity contribution in [2.75, 3.05) is 13.2 Å². The molecule has 0 aliphatic carbocycles. The Bertz CT molecular complexity index is 159. The first-order valence-corrected chi connectivity index (χ1v) is 2.98. The van der Waals surface area contributed by atoms with Crippen molar-refractivity contribution >= 4 is 11.9 Å². The Morgan fingerprint density at radius 3 is 2.36 bits per heavy atom. The number of hydrogen-bond acceptors (Lipinski definition) is 5. The second-order valence-corrected chi connectivity index (χ2v) is 1.90. The molecule has 6 heteroatoms. The number of amides is 1. The van der Waals surface area contributed by atoms with Crippen LogP contribution in [0.25, 0.3) is 0 Å². The van der Waals surface area contributed by atoms with Gasteiger partial charge >= 0.3 is 5.97 Å². The largest absolute Gasteiger partial charge is 0.463 e. The smallest absolute Gasteiger partial charge is 0.319 e. The summed E-state index contributed by atoms with van der Waals surface area (Å²) in [6.07, 6.45) is 0. The van der Waals surface area contributed by atoms with Gasteiger partial charge in [-0.2, -0.15) is 0 Å². The molecule has 0 aromatic heterocycles. The molecule has 0 heterocycles. The molecule has 64 valence electrons. The van der Waals surface area contributed by atoms with E-state index in [1.165, 1.54) is 0 Å². The minimum Gasteiger partial charge on any atom is -0.463 e. The van der Waals surface area contributed by atoms with Gasteiger partial charge in [-0.05, 0) is 0 Å². The van der Waals surface area contributed by atoms with Crippen LogP contribution in [-0.2, 0) is 14.3 Å². The second kappa shape index (κ2) is 4.64. The highest BCUT2D eigenvalue weighted by atomic mass is 16.5. The van der Waals surface area contributed by atoms with Crippen LogP contribution >= 0.6 is 0 Å². The van der Waals surface area contributed by atoms with Gasteiger partial charge in [-0.15, -0.1) is 0 Å². The minimum absolute atomic E-state index is 0.217. The van der Waals surface area contributed by atoms with Gasteiger partial charge in [-0.1, -0.05) is 0 Å². The van der Waals surface area contributed by atoms with Crippen LogP contribution in [0.5, 0.6) is 0 Å². The SMILES string of the molecule is NCC(=O)OC[C@H](N)C(N)=O. The van der Waals surface area contributed by atoms with Gasteiger partial charge in [0.25, 0.3) is 0 Å². The fourth-order valence-electron chi connectivity index (χ4n) is 0.324. The number of rotatable bonds is 4. The molecule has 0 unspecified atom stereocenters. The van der Waals surface area contributed by atoms with E-state index < -0.39 is 17.9 Å². The highest BCUT2D eigenvalue weighted by molar-refractivity contribution is 5.80. The van der Waals surface area contributed by atoms with E-state index in [4.69, 9.17) is 17.2 Å². The molecule has 6 N–H and O–H groups in total. The number of hydrogen-bond donors (Lipinski definition) is 3. The summed E-state index contributed by atoms with van der Waals surface area (Å²) >= 11 is 0. The maximum atomic E-state index is 10.4. The number of ether oxygens (including phenoxy) is 1. The molecule has 0 aromatic carbocycles. The zero-order chi connectivity index (χ0) is 8.85. The first-order valence-electron chi connectivity index (χ1n) is 2.98. The second-order valence-electron chi connectivity index (χ2n) is 1.90. The topological polar surface area (TPSA) is 121 Å². The zero-order valence-corrected chi connectivity index (χ0v) is 5.95. The number of carbonyl (C=O) groups excluding carboxylic acids is 2. The van der Waals surface area contributed by atoms with Gasteiger partial charge in [0.05, 0.1) is 6.54 Å². The van der Waals surface area contributed by atoms with Gasteiger partial charge in [0.1, 0.15) is 12.6 Å². The van der Waals surface area contributed by atoms with Crippen LogP contribution in [0.1, 0.15) is 0 Å². The summed E-state index contributed by atoms with van der Waals surface area (Å²) in [6, 6.07) is -0.953. The summed E-state index contributed by atoms with van der Waals surface area (Å²) in [5.74, 6) is -1.32. The lowest BCUT2D eigenvalue weighted by atomic mass is 10.3. The van der Waals surface area contributed by atoms with Crippen LogP contribution in [0, 0.1) is 0 Å². The van der Waals surface area contributed by atoms with E-state index in [-0.39, 0.29) is 13.2 Å². The molecule has 1 atom stereocenters. The van der Waals surface area contributed by atoms with Crippen molar-refractivity contribution in [1.29, 1.82) is 0 Å². The summed E-state index contributed by atoms with van der Waals surface area (Å²) in [5.41, 5.74) is 14.8. The van der Waals surface area contributed by atoms with Crippen LogP contribution < -0.4 is 17.2 Å². The van der Waals surface area contributed by atoms with Gasteiger partial charge in [0.2, 0.25) is 5.91 Å². The Morgan fingerprint density at radius 2 is 2.00 bits per heavy atom. The van der Waals surface area contributed by atoms with E-state index in [2.05, 4.69) is 4.74 Å². The van der Waals surface area contributed by atoms with Gasteiger partial charge in [0.15, 0.2) is 0 Å². The molecule has 1 amide bonds. The third-order valence-corrected chi connectivity index (χ3v) is 0.956. The van der Waals surface area contributed by atoms with E-state index >= 15 is 0 Å². The van der Waals surface area contributed by atoms with Crippen LogP contribution in [0.15, 0.2) is 0 Å². The summed E-state index contributed by atoms with van der Waals surface area (Å²) in [4.78, 5) is 20.7. The molecule has 11 heavy (non-hydrogen) atoms. The number of carbonyl (C=O) groups is 2. The van der Waals surface area contributed by atoms with Crippen LogP contribution in [0.2, 0.25) is 0 Å². The van der Waals surface area contributed by atoms with E-state index in [9.17, 15) is 9.59 Å². The Morgan fingerprint density at radius 1 is 1.45 bits per heavy atom. The fourth-order valence-corrected chi connectivity index (χ4v) is 0.324. The fraction of sp³-hybridized carbons (Fsp3) is 0.600. The predicted molar refractivity (Wildman–Crippen MR) is 37.2 cm³/mol. The third kappa shape index (κ3) is 4.29. The maximum absolute atomic E-state index is 10.4. The Balaban J connectivity index is 3.54. The lowest BCUT2D eigenvalue weighted by molar-refractivity contribution is -0.143. The molecule has 0 spiro atoms. The quantitative estimate of drug-likeness (QED) is 0.387. The lowest BCUT2D eigenvalue weighted by Crippen LogP contribution is -2.41. The Labute approximate surface area is 63.7 Å². The normalized spacial score (nSPS) is 12.2. The summed E-state index contributed by atoms with van der Waals surface area (Å²) in [5, 5.41) is 0. The van der Waals surface area contributed by atoms with Crippen LogP contribution in [-0.4, -0.2) is 31.1 Å². The van der Waals surface area contributed by atoms with Crippen molar-refractivity contribution < 1.29 is 14.3 Å². The molecular formula is C5H11N3O3. The Hall–Kier alpha value is -1.14. The van der Waals surface area contributed by atoms with Crippen LogP contribution in [0.3, 0.4) is 0 Å². The molecule has 0 saturated heterocycles. The van der Waals surface area contributed by atoms with Gasteiger partial charge in [-0.3, -0.25) is 9.59 Å². The molecule has 6 nitrogen and oxygen atoms in total. The van der Waals surface area contributed by atoms with E-state index in [1.54, 1.807) is 0 Å². The molecule has 0 saturated carbocycles. The minimum atomic E-state index is -0.953. The molecule has 0 radical (unpaired) electrons. The highest BCUT2D eigenvalue weighted by Gasteiger charge is 2.10. The van der Waals surface area contributed by atoms with Crippen molar-refractivity contribution in [1.82, 2.24) is 0 Å². The lowest BCUT2D eigenvalue weighted by Gasteiger charge is -2.06. The van der Waals surface area contributed by atoms with Crippen molar-refractivity contribution in [3.63, 3.8) is 0 Å². The van der Waals surface area contributed by atoms with Crippen molar-refractivity contribution in [2.45, 2.75) is 6.04 Å². The molecular weight excluding hydrogens is 150 g/mol. The first kappa shape index (κ1) is 9.86. The van der Waals surface area contributed by atoms with Crippen molar-refractivity contribution in [2.24, 2.45) is 17.2 Å². The molecule has 0 aliphatic rings. The number of primary amides is 1. The molecule has 0 rings (SSSR count). The molecule has 0 bridgehead atoms. The van der Waals surface area contributed by atoms with Crippen molar-refractivity contribution in [3.05, 3.63) is 0 Å². The summed E-state index contributed by atoms with van der Waals surface area (Å²) in [7, 11) is 0. The predicted octanol–water partition coefficient (Wildman–Crippen LogP) is -2.70. The number of nitrogens with two attached hydrogens (primary N) is 3. The van der Waals surface area contributed by atoms with E-state index in [1.807, 2.05) is 0 Å². The zero-order valence-electron chi connectivity index (χ0n) is 5.95. The standard InChI is InChI=1S/C5H11N3O3/c6-1-4(9)11-2-3(7)5(8)10/h3H,1-2,6-7H2,(H2,8,10)/t3-/m0/s1. The monoisotopic (exact) mass is 161 g/mol. The molecule has 0 fully saturated rings. The van der Waals surface area contributed by atoms with Gasteiger partial charge < -0.3 is 21.9 Å². The average Bonchev–Trinajstić information content (AvgIpc) is 1.99.